The minimum atomic E-state index is -0.265. The van der Waals surface area contributed by atoms with E-state index in [1.54, 1.807) is 11.3 Å². The molecule has 2 nitrogen and oxygen atoms in total. The van der Waals surface area contributed by atoms with Crippen LogP contribution >= 0.6 is 11.3 Å². The number of nitrogens with two attached hydrogens (primary N) is 1. The van der Waals surface area contributed by atoms with Crippen LogP contribution in [-0.2, 0) is 0 Å². The quantitative estimate of drug-likeness (QED) is 0.765. The van der Waals surface area contributed by atoms with Crippen molar-refractivity contribution in [1.29, 1.82) is 0 Å². The molecule has 2 rings (SSSR count). The fraction of sp³-hybridized carbons (Fsp3) is 0.200. The Labute approximate surface area is 80.6 Å². The lowest BCUT2D eigenvalue weighted by Crippen LogP contribution is -2.14. The summed E-state index contributed by atoms with van der Waals surface area (Å²) in [5, 5.41) is 12.2. The van der Waals surface area contributed by atoms with Gasteiger partial charge in [-0.05, 0) is 28.5 Å². The summed E-state index contributed by atoms with van der Waals surface area (Å²) in [6.07, 6.45) is 0. The molecule has 0 spiro atoms. The van der Waals surface area contributed by atoms with Gasteiger partial charge in [-0.2, -0.15) is 0 Å². The van der Waals surface area contributed by atoms with Gasteiger partial charge in [0.15, 0.2) is 0 Å². The first-order valence-corrected chi connectivity index (χ1v) is 5.03. The molecule has 1 aromatic carbocycles. The molecule has 0 aliphatic carbocycles. The van der Waals surface area contributed by atoms with Crippen LogP contribution in [0.15, 0.2) is 29.6 Å². The second-order valence-corrected chi connectivity index (χ2v) is 3.92. The fourth-order valence-corrected chi connectivity index (χ4v) is 2.26. The number of hydrogen-bond acceptors (Lipinski definition) is 3. The van der Waals surface area contributed by atoms with E-state index in [2.05, 4.69) is 6.07 Å². The van der Waals surface area contributed by atoms with E-state index in [4.69, 9.17) is 10.8 Å². The van der Waals surface area contributed by atoms with Crippen LogP contribution in [0.3, 0.4) is 0 Å². The van der Waals surface area contributed by atoms with Gasteiger partial charge in [-0.1, -0.05) is 12.1 Å². The van der Waals surface area contributed by atoms with Gasteiger partial charge in [-0.3, -0.25) is 0 Å². The van der Waals surface area contributed by atoms with Crippen LogP contribution in [0.1, 0.15) is 11.6 Å². The minimum Gasteiger partial charge on any atom is -0.394 e. The van der Waals surface area contributed by atoms with Gasteiger partial charge in [0.1, 0.15) is 0 Å². The number of benzene rings is 1. The summed E-state index contributed by atoms with van der Waals surface area (Å²) in [5.74, 6) is 0. The van der Waals surface area contributed by atoms with Crippen molar-refractivity contribution in [3.05, 3.63) is 35.2 Å². The Morgan fingerprint density at radius 1 is 1.38 bits per heavy atom. The van der Waals surface area contributed by atoms with Crippen molar-refractivity contribution in [3.63, 3.8) is 0 Å². The fourth-order valence-electron chi connectivity index (χ4n) is 1.44. The highest BCUT2D eigenvalue weighted by atomic mass is 32.1. The van der Waals surface area contributed by atoms with Crippen LogP contribution < -0.4 is 5.73 Å². The van der Waals surface area contributed by atoms with Crippen molar-refractivity contribution in [2.24, 2.45) is 5.73 Å². The van der Waals surface area contributed by atoms with Crippen molar-refractivity contribution in [1.82, 2.24) is 0 Å². The Hall–Kier alpha value is -0.900. The zero-order valence-electron chi connectivity index (χ0n) is 7.10. The molecule has 0 bridgehead atoms. The molecule has 1 atom stereocenters. The van der Waals surface area contributed by atoms with Crippen molar-refractivity contribution < 1.29 is 5.11 Å². The molecule has 13 heavy (non-hydrogen) atoms. The van der Waals surface area contributed by atoms with Crippen LogP contribution in [0.25, 0.3) is 10.1 Å². The number of hydrogen-bond donors (Lipinski definition) is 2. The second-order valence-electron chi connectivity index (χ2n) is 2.97. The molecule has 0 fully saturated rings. The van der Waals surface area contributed by atoms with Gasteiger partial charge < -0.3 is 10.8 Å². The smallest absolute Gasteiger partial charge is 0.0624 e. The Bertz CT molecular complexity index is 410. The average Bonchev–Trinajstić information content (AvgIpc) is 2.63. The van der Waals surface area contributed by atoms with Gasteiger partial charge in [0.2, 0.25) is 0 Å². The summed E-state index contributed by atoms with van der Waals surface area (Å²) in [5.41, 5.74) is 6.80. The van der Waals surface area contributed by atoms with Gasteiger partial charge in [-0.15, -0.1) is 11.3 Å². The number of aliphatic hydroxyl groups is 1. The summed E-state index contributed by atoms with van der Waals surface area (Å²) in [4.78, 5) is 0. The molecule has 68 valence electrons. The number of rotatable bonds is 2. The summed E-state index contributed by atoms with van der Waals surface area (Å²) in [6.45, 7) is -0.00500. The monoisotopic (exact) mass is 193 g/mol. The topological polar surface area (TPSA) is 46.2 Å². The zero-order chi connectivity index (χ0) is 9.26. The molecule has 1 heterocycles. The van der Waals surface area contributed by atoms with E-state index in [1.807, 2.05) is 23.6 Å². The first-order valence-electron chi connectivity index (χ1n) is 4.15. The maximum Gasteiger partial charge on any atom is 0.0624 e. The maximum atomic E-state index is 8.96. The Morgan fingerprint density at radius 3 is 3.00 bits per heavy atom. The first kappa shape index (κ1) is 8.69. The zero-order valence-corrected chi connectivity index (χ0v) is 7.92. The molecule has 0 radical (unpaired) electrons. The van der Waals surface area contributed by atoms with Gasteiger partial charge in [0, 0.05) is 4.70 Å². The third-order valence-corrected chi connectivity index (χ3v) is 3.01. The predicted octanol–water partition coefficient (Wildman–Crippen LogP) is 1.89. The van der Waals surface area contributed by atoms with Gasteiger partial charge in [-0.25, -0.2) is 0 Å². The maximum absolute atomic E-state index is 8.96. The van der Waals surface area contributed by atoms with Crippen LogP contribution in [0, 0.1) is 0 Å². The highest BCUT2D eigenvalue weighted by Gasteiger charge is 2.08. The first-order chi connectivity index (χ1) is 6.33. The predicted molar refractivity (Wildman–Crippen MR) is 55.8 cm³/mol. The van der Waals surface area contributed by atoms with E-state index in [0.717, 1.165) is 10.9 Å². The molecule has 2 aromatic rings. The number of fused-ring (bicyclic) bond motifs is 1. The van der Waals surface area contributed by atoms with E-state index >= 15 is 0 Å². The van der Waals surface area contributed by atoms with Gasteiger partial charge >= 0.3 is 0 Å². The van der Waals surface area contributed by atoms with Crippen LogP contribution in [-0.4, -0.2) is 11.7 Å². The summed E-state index contributed by atoms with van der Waals surface area (Å²) in [7, 11) is 0. The molecule has 0 saturated carbocycles. The molecule has 0 unspecified atom stereocenters. The standard InChI is InChI=1S/C10H11NOS/c11-9(6-12)7-2-1-3-10-8(7)4-5-13-10/h1-5,9,12H,6,11H2/t9-/m0/s1. The molecule has 0 aliphatic rings. The van der Waals surface area contributed by atoms with Crippen molar-refractivity contribution >= 4 is 21.4 Å². The molecule has 3 N–H and O–H groups in total. The summed E-state index contributed by atoms with van der Waals surface area (Å²) in [6, 6.07) is 7.79. The van der Waals surface area contributed by atoms with E-state index in [1.165, 1.54) is 4.70 Å². The SMILES string of the molecule is N[C@@H](CO)c1cccc2sccc12. The minimum absolute atomic E-state index is 0.00500. The molecule has 0 aliphatic heterocycles. The molecule has 1 aromatic heterocycles. The van der Waals surface area contributed by atoms with E-state index in [0.29, 0.717) is 0 Å². The van der Waals surface area contributed by atoms with Gasteiger partial charge in [0.05, 0.1) is 12.6 Å². The molecule has 0 saturated heterocycles. The van der Waals surface area contributed by atoms with Crippen molar-refractivity contribution in [2.45, 2.75) is 6.04 Å². The highest BCUT2D eigenvalue weighted by Crippen LogP contribution is 2.26. The van der Waals surface area contributed by atoms with E-state index in [-0.39, 0.29) is 12.6 Å². The third-order valence-electron chi connectivity index (χ3n) is 2.13. The Balaban J connectivity index is 2.60. The Kier molecular flexibility index (Phi) is 2.31. The van der Waals surface area contributed by atoms with E-state index < -0.39 is 0 Å². The lowest BCUT2D eigenvalue weighted by Gasteiger charge is -2.09. The third kappa shape index (κ3) is 1.46. The summed E-state index contributed by atoms with van der Waals surface area (Å²) < 4.78 is 1.22. The lowest BCUT2D eigenvalue weighted by molar-refractivity contribution is 0.268. The molecule has 0 amide bonds. The molecular weight excluding hydrogens is 182 g/mol. The van der Waals surface area contributed by atoms with Crippen LogP contribution in [0.5, 0.6) is 0 Å². The highest BCUT2D eigenvalue weighted by molar-refractivity contribution is 7.17. The molecular formula is C10H11NOS. The van der Waals surface area contributed by atoms with E-state index in [9.17, 15) is 0 Å². The normalized spacial score (nSPS) is 13.4. The average molecular weight is 193 g/mol. The lowest BCUT2D eigenvalue weighted by atomic mass is 10.0. The second kappa shape index (κ2) is 3.46. The van der Waals surface area contributed by atoms with Gasteiger partial charge in [0.25, 0.3) is 0 Å². The summed E-state index contributed by atoms with van der Waals surface area (Å²) >= 11 is 1.69. The molecule has 3 heteroatoms. The van der Waals surface area contributed by atoms with Crippen molar-refractivity contribution in [3.8, 4) is 0 Å². The number of thiophene rings is 1. The Morgan fingerprint density at radius 2 is 2.23 bits per heavy atom. The van der Waals surface area contributed by atoms with Crippen molar-refractivity contribution in [2.75, 3.05) is 6.61 Å². The largest absolute Gasteiger partial charge is 0.394 e. The number of aliphatic hydroxyl groups excluding tert-OH is 1. The van der Waals surface area contributed by atoms with Crippen LogP contribution in [0.4, 0.5) is 0 Å². The van der Waals surface area contributed by atoms with Crippen LogP contribution in [0.2, 0.25) is 0 Å².